The zero-order valence-corrected chi connectivity index (χ0v) is 14.6. The third-order valence-corrected chi connectivity index (χ3v) is 4.24. The Labute approximate surface area is 146 Å². The Hall–Kier alpha value is -2.21. The highest BCUT2D eigenvalue weighted by Gasteiger charge is 2.21. The van der Waals surface area contributed by atoms with Gasteiger partial charge in [-0.15, -0.1) is 0 Å². The van der Waals surface area contributed by atoms with Crippen molar-refractivity contribution in [1.29, 1.82) is 0 Å². The number of hydrogen-bond donors (Lipinski definition) is 1. The first-order valence-electron chi connectivity index (χ1n) is 7.90. The number of aromatic nitrogens is 2. The Bertz CT molecular complexity index is 676. The number of rotatable bonds is 5. The van der Waals surface area contributed by atoms with Crippen molar-refractivity contribution >= 4 is 23.1 Å². The molecule has 0 saturated carbocycles. The van der Waals surface area contributed by atoms with Crippen LogP contribution in [0.1, 0.15) is 12.8 Å². The molecule has 1 aromatic heterocycles. The molecule has 1 atom stereocenters. The quantitative estimate of drug-likeness (QED) is 0.895. The number of nitrogens with one attached hydrogen (secondary N) is 1. The smallest absolute Gasteiger partial charge is 0.149 e. The summed E-state index contributed by atoms with van der Waals surface area (Å²) in [7, 11) is 3.30. The second-order valence-electron chi connectivity index (χ2n) is 5.73. The van der Waals surface area contributed by atoms with Crippen molar-refractivity contribution in [1.82, 2.24) is 9.97 Å². The van der Waals surface area contributed by atoms with Crippen molar-refractivity contribution < 1.29 is 9.47 Å². The summed E-state index contributed by atoms with van der Waals surface area (Å²) in [6.45, 7) is 1.79. The van der Waals surface area contributed by atoms with Gasteiger partial charge in [-0.05, 0) is 12.8 Å². The van der Waals surface area contributed by atoms with E-state index in [1.807, 2.05) is 18.2 Å². The van der Waals surface area contributed by atoms with Crippen molar-refractivity contribution in [3.05, 3.63) is 35.7 Å². The van der Waals surface area contributed by atoms with Crippen molar-refractivity contribution in [2.45, 2.75) is 18.9 Å². The molecule has 1 fully saturated rings. The van der Waals surface area contributed by atoms with Gasteiger partial charge in [0.1, 0.15) is 22.5 Å². The molecule has 1 aromatic carbocycles. The molecule has 1 unspecified atom stereocenters. The Morgan fingerprint density at radius 1 is 1.17 bits per heavy atom. The number of methoxy groups -OCH3 is 2. The second-order valence-corrected chi connectivity index (χ2v) is 6.12. The highest BCUT2D eigenvalue weighted by Crippen LogP contribution is 2.28. The number of halogens is 1. The van der Waals surface area contributed by atoms with E-state index in [2.05, 4.69) is 20.2 Å². The molecule has 0 radical (unpaired) electrons. The van der Waals surface area contributed by atoms with E-state index in [-0.39, 0.29) is 0 Å². The van der Waals surface area contributed by atoms with Crippen LogP contribution in [-0.2, 0) is 0 Å². The highest BCUT2D eigenvalue weighted by molar-refractivity contribution is 6.29. The van der Waals surface area contributed by atoms with Gasteiger partial charge in [-0.2, -0.15) is 0 Å². The van der Waals surface area contributed by atoms with Crippen LogP contribution in [0, 0.1) is 0 Å². The largest absolute Gasteiger partial charge is 0.497 e. The molecule has 24 heavy (non-hydrogen) atoms. The summed E-state index contributed by atoms with van der Waals surface area (Å²) >= 11 is 5.95. The lowest BCUT2D eigenvalue weighted by molar-refractivity contribution is 0.394. The molecule has 1 saturated heterocycles. The maximum Gasteiger partial charge on any atom is 0.149 e. The first kappa shape index (κ1) is 16.6. The average Bonchev–Trinajstić information content (AvgIpc) is 2.61. The van der Waals surface area contributed by atoms with Gasteiger partial charge in [-0.3, -0.25) is 4.98 Å². The van der Waals surface area contributed by atoms with Gasteiger partial charge in [0.05, 0.1) is 26.6 Å². The molecule has 1 aliphatic rings. The fourth-order valence-electron chi connectivity index (χ4n) is 2.91. The number of nitrogens with zero attached hydrogens (tertiary/aromatic N) is 3. The van der Waals surface area contributed by atoms with E-state index in [1.165, 1.54) is 0 Å². The third kappa shape index (κ3) is 4.00. The molecule has 0 amide bonds. The molecule has 0 aliphatic carbocycles. The average molecular weight is 349 g/mol. The summed E-state index contributed by atoms with van der Waals surface area (Å²) in [4.78, 5) is 10.7. The minimum Gasteiger partial charge on any atom is -0.497 e. The van der Waals surface area contributed by atoms with Gasteiger partial charge < -0.3 is 19.7 Å². The van der Waals surface area contributed by atoms with Crippen molar-refractivity contribution in [3.8, 4) is 11.5 Å². The molecule has 1 aliphatic heterocycles. The molecule has 2 heterocycles. The van der Waals surface area contributed by atoms with E-state index >= 15 is 0 Å². The normalized spacial score (nSPS) is 17.5. The summed E-state index contributed by atoms with van der Waals surface area (Å²) in [6, 6.07) is 6.11. The Morgan fingerprint density at radius 3 is 2.58 bits per heavy atom. The Morgan fingerprint density at radius 2 is 1.92 bits per heavy atom. The van der Waals surface area contributed by atoms with E-state index < -0.39 is 0 Å². The molecule has 1 N–H and O–H groups in total. The van der Waals surface area contributed by atoms with Crippen LogP contribution in [0.2, 0.25) is 5.15 Å². The van der Waals surface area contributed by atoms with Crippen molar-refractivity contribution in [3.63, 3.8) is 0 Å². The second kappa shape index (κ2) is 7.57. The number of hydrogen-bond acceptors (Lipinski definition) is 6. The lowest BCUT2D eigenvalue weighted by atomic mass is 10.1. The fraction of sp³-hybridized carbons (Fsp3) is 0.412. The zero-order valence-electron chi connectivity index (χ0n) is 13.8. The molecule has 0 spiro atoms. The highest BCUT2D eigenvalue weighted by atomic mass is 35.5. The lowest BCUT2D eigenvalue weighted by Gasteiger charge is -2.34. The van der Waals surface area contributed by atoms with Gasteiger partial charge in [0.15, 0.2) is 0 Å². The van der Waals surface area contributed by atoms with E-state index in [4.69, 9.17) is 21.1 Å². The lowest BCUT2D eigenvalue weighted by Crippen LogP contribution is -2.42. The third-order valence-electron chi connectivity index (χ3n) is 4.06. The Balaban J connectivity index is 1.71. The number of piperidine rings is 1. The minimum atomic E-state index is 0.302. The maximum atomic E-state index is 5.95. The molecule has 128 valence electrons. The first-order chi connectivity index (χ1) is 11.7. The Kier molecular flexibility index (Phi) is 5.25. The standard InChI is InChI=1S/C17H21ClN4O2/c1-23-14-6-13(7-15(8-14)24-2)20-12-4-3-5-22(11-12)17-10-19-9-16(18)21-17/h6-10,12,20H,3-5,11H2,1-2H3. The molecular formula is C17H21ClN4O2. The summed E-state index contributed by atoms with van der Waals surface area (Å²) < 4.78 is 10.7. The molecule has 6 nitrogen and oxygen atoms in total. The van der Waals surface area contributed by atoms with Gasteiger partial charge in [0.25, 0.3) is 0 Å². The first-order valence-corrected chi connectivity index (χ1v) is 8.28. The molecule has 2 aromatic rings. The van der Waals surface area contributed by atoms with Crippen LogP contribution in [0.3, 0.4) is 0 Å². The molecule has 7 heteroatoms. The molecular weight excluding hydrogens is 328 g/mol. The van der Waals surface area contributed by atoms with E-state index in [1.54, 1.807) is 26.6 Å². The molecule has 3 rings (SSSR count). The van der Waals surface area contributed by atoms with Gasteiger partial charge >= 0.3 is 0 Å². The van der Waals surface area contributed by atoms with Crippen LogP contribution in [-0.4, -0.2) is 43.3 Å². The van der Waals surface area contributed by atoms with Crippen LogP contribution in [0.5, 0.6) is 11.5 Å². The van der Waals surface area contributed by atoms with Gasteiger partial charge in [-0.1, -0.05) is 11.6 Å². The van der Waals surface area contributed by atoms with Crippen LogP contribution in [0.25, 0.3) is 0 Å². The van der Waals surface area contributed by atoms with E-state index in [9.17, 15) is 0 Å². The predicted octanol–water partition coefficient (Wildman–Crippen LogP) is 3.23. The van der Waals surface area contributed by atoms with Crippen LogP contribution in [0.4, 0.5) is 11.5 Å². The van der Waals surface area contributed by atoms with E-state index in [0.29, 0.717) is 11.2 Å². The molecule has 0 bridgehead atoms. The summed E-state index contributed by atoms with van der Waals surface area (Å²) in [5, 5.41) is 3.98. The van der Waals surface area contributed by atoms with Gasteiger partial charge in [0.2, 0.25) is 0 Å². The van der Waals surface area contributed by atoms with Crippen molar-refractivity contribution in [2.75, 3.05) is 37.5 Å². The summed E-state index contributed by atoms with van der Waals surface area (Å²) in [6.07, 6.45) is 5.47. The topological polar surface area (TPSA) is 59.5 Å². The monoisotopic (exact) mass is 348 g/mol. The van der Waals surface area contributed by atoms with Gasteiger partial charge in [-0.25, -0.2) is 4.98 Å². The minimum absolute atomic E-state index is 0.302. The number of anilines is 2. The van der Waals surface area contributed by atoms with Crippen molar-refractivity contribution in [2.24, 2.45) is 0 Å². The van der Waals surface area contributed by atoms with Gasteiger partial charge in [0, 0.05) is 43.0 Å². The van der Waals surface area contributed by atoms with Crippen LogP contribution < -0.4 is 19.7 Å². The van der Waals surface area contributed by atoms with Crippen LogP contribution in [0.15, 0.2) is 30.6 Å². The maximum absolute atomic E-state index is 5.95. The van der Waals surface area contributed by atoms with Crippen LogP contribution >= 0.6 is 11.6 Å². The number of ether oxygens (including phenoxy) is 2. The predicted molar refractivity (Wildman–Crippen MR) is 95.4 cm³/mol. The van der Waals surface area contributed by atoms with E-state index in [0.717, 1.165) is 48.9 Å². The zero-order chi connectivity index (χ0) is 16.9. The summed E-state index contributed by atoms with van der Waals surface area (Å²) in [5.74, 6) is 2.35. The fourth-order valence-corrected chi connectivity index (χ4v) is 3.06. The SMILES string of the molecule is COc1cc(NC2CCCN(c3cncc(Cl)n3)C2)cc(OC)c1. The summed E-state index contributed by atoms with van der Waals surface area (Å²) in [5.41, 5.74) is 0.982. The number of benzene rings is 1.